The van der Waals surface area contributed by atoms with Crippen molar-refractivity contribution in [1.29, 1.82) is 0 Å². The second-order valence-electron chi connectivity index (χ2n) is 8.21. The first-order valence-corrected chi connectivity index (χ1v) is 9.88. The molecule has 4 rings (SSSR count). The minimum Gasteiger partial charge on any atom is -0.349 e. The Balaban J connectivity index is 1.58. The van der Waals surface area contributed by atoms with Crippen LogP contribution in [0.4, 0.5) is 0 Å². The van der Waals surface area contributed by atoms with Gasteiger partial charge in [-0.25, -0.2) is 0 Å². The van der Waals surface area contributed by atoms with Crippen molar-refractivity contribution in [2.45, 2.75) is 57.0 Å². The Morgan fingerprint density at radius 2 is 1.70 bits per heavy atom. The molecule has 27 heavy (non-hydrogen) atoms. The van der Waals surface area contributed by atoms with Gasteiger partial charge in [0.25, 0.3) is 0 Å². The zero-order valence-corrected chi connectivity index (χ0v) is 16.8. The monoisotopic (exact) mass is 373 g/mol. The van der Waals surface area contributed by atoms with Crippen LogP contribution in [0.3, 0.4) is 0 Å². The van der Waals surface area contributed by atoms with Crippen LogP contribution in [0.1, 0.15) is 32.3 Å². The Morgan fingerprint density at radius 1 is 1.04 bits per heavy atom. The highest BCUT2D eigenvalue weighted by Crippen LogP contribution is 2.44. The van der Waals surface area contributed by atoms with Crippen LogP contribution in [0.25, 0.3) is 0 Å². The van der Waals surface area contributed by atoms with Crippen LogP contribution in [0.2, 0.25) is 0 Å². The molecule has 1 aromatic carbocycles. The highest BCUT2D eigenvalue weighted by Gasteiger charge is 2.59. The fraction of sp³-hybridized carbons (Fsp3) is 0.636. The lowest BCUT2D eigenvalue weighted by Crippen LogP contribution is -2.69. The van der Waals surface area contributed by atoms with Crippen LogP contribution in [0, 0.1) is 5.92 Å². The molecule has 0 aromatic heterocycles. The van der Waals surface area contributed by atoms with Crippen molar-refractivity contribution in [3.05, 3.63) is 47.5 Å². The van der Waals surface area contributed by atoms with E-state index in [0.29, 0.717) is 5.92 Å². The number of ether oxygens (including phenoxy) is 4. The molecule has 2 heterocycles. The molecule has 2 saturated heterocycles. The van der Waals surface area contributed by atoms with Crippen molar-refractivity contribution < 1.29 is 18.9 Å². The van der Waals surface area contributed by atoms with Crippen LogP contribution in [-0.2, 0) is 25.5 Å². The van der Waals surface area contributed by atoms with E-state index < -0.39 is 11.6 Å². The average Bonchev–Trinajstić information content (AvgIpc) is 3.48. The summed E-state index contributed by atoms with van der Waals surface area (Å²) in [5.74, 6) is -1.60. The third-order valence-corrected chi connectivity index (χ3v) is 6.27. The summed E-state index contributed by atoms with van der Waals surface area (Å²) in [6.07, 6.45) is 4.74. The van der Waals surface area contributed by atoms with Gasteiger partial charge >= 0.3 is 0 Å². The van der Waals surface area contributed by atoms with Crippen molar-refractivity contribution in [3.8, 4) is 0 Å². The number of allylic oxidation sites excluding steroid dienone is 1. The van der Waals surface area contributed by atoms with E-state index in [4.69, 9.17) is 18.9 Å². The second-order valence-corrected chi connectivity index (χ2v) is 8.21. The third-order valence-electron chi connectivity index (χ3n) is 6.27. The summed E-state index contributed by atoms with van der Waals surface area (Å²) in [4.78, 5) is 2.47. The molecule has 1 aliphatic carbocycles. The number of rotatable bonds is 5. The minimum atomic E-state index is -0.948. The number of benzene rings is 1. The molecule has 0 amide bonds. The third kappa shape index (κ3) is 3.71. The molecule has 0 radical (unpaired) electrons. The van der Waals surface area contributed by atoms with Gasteiger partial charge in [0.2, 0.25) is 11.6 Å². The Labute approximate surface area is 162 Å². The van der Waals surface area contributed by atoms with Crippen LogP contribution in [0.15, 0.2) is 42.0 Å². The summed E-state index contributed by atoms with van der Waals surface area (Å²) in [5.41, 5.74) is 2.85. The van der Waals surface area contributed by atoms with E-state index in [1.165, 1.54) is 24.0 Å². The number of hydrogen-bond donors (Lipinski definition) is 0. The van der Waals surface area contributed by atoms with Crippen molar-refractivity contribution >= 4 is 0 Å². The lowest BCUT2D eigenvalue weighted by atomic mass is 9.88. The average molecular weight is 373 g/mol. The lowest BCUT2D eigenvalue weighted by Gasteiger charge is -2.56. The van der Waals surface area contributed by atoms with Crippen molar-refractivity contribution in [2.24, 2.45) is 5.92 Å². The first-order valence-electron chi connectivity index (χ1n) is 9.88. The molecule has 0 spiro atoms. The number of piperidine rings is 1. The topological polar surface area (TPSA) is 40.2 Å². The fourth-order valence-corrected chi connectivity index (χ4v) is 4.27. The molecule has 3 aliphatic rings. The molecule has 2 aliphatic heterocycles. The maximum absolute atomic E-state index is 6.53. The standard InChI is InChI=1S/C22H31NO4/c1-21(24-3)22(2,25-4)27-20-18(12-16-10-11-16)14-23(15-19(20)26-21)13-17-8-6-5-7-9-17/h5-9,12,18-20H,10-11,13-15H2,1-4H3/t18-,19+,20+,21-,22-/m0/s1. The summed E-state index contributed by atoms with van der Waals surface area (Å²) in [7, 11) is 3.30. The van der Waals surface area contributed by atoms with Crippen LogP contribution in [-0.4, -0.2) is 56.0 Å². The van der Waals surface area contributed by atoms with Gasteiger partial charge < -0.3 is 18.9 Å². The number of fused-ring (bicyclic) bond motifs is 1. The van der Waals surface area contributed by atoms with E-state index in [-0.39, 0.29) is 12.2 Å². The lowest BCUT2D eigenvalue weighted by molar-refractivity contribution is -0.455. The Bertz CT molecular complexity index is 687. The van der Waals surface area contributed by atoms with Crippen molar-refractivity contribution in [3.63, 3.8) is 0 Å². The van der Waals surface area contributed by atoms with E-state index in [1.54, 1.807) is 14.2 Å². The maximum atomic E-state index is 6.53. The summed E-state index contributed by atoms with van der Waals surface area (Å²) in [6.45, 7) is 6.50. The normalized spacial score (nSPS) is 39.1. The number of methoxy groups -OCH3 is 2. The molecule has 1 aromatic rings. The van der Waals surface area contributed by atoms with E-state index in [9.17, 15) is 0 Å². The maximum Gasteiger partial charge on any atom is 0.220 e. The molecule has 1 saturated carbocycles. The Hall–Kier alpha value is -1.24. The summed E-state index contributed by atoms with van der Waals surface area (Å²) >= 11 is 0. The van der Waals surface area contributed by atoms with Gasteiger partial charge in [0.15, 0.2) is 0 Å². The quantitative estimate of drug-likeness (QED) is 0.741. The van der Waals surface area contributed by atoms with Gasteiger partial charge in [-0.3, -0.25) is 4.90 Å². The van der Waals surface area contributed by atoms with E-state index in [1.807, 2.05) is 13.8 Å². The number of nitrogens with zero attached hydrogens (tertiary/aromatic N) is 1. The highest BCUT2D eigenvalue weighted by molar-refractivity contribution is 5.20. The van der Waals surface area contributed by atoms with Crippen LogP contribution < -0.4 is 0 Å². The van der Waals surface area contributed by atoms with Gasteiger partial charge in [0.1, 0.15) is 6.10 Å². The molecule has 5 heteroatoms. The predicted octanol–water partition coefficient (Wildman–Crippen LogP) is 3.35. The van der Waals surface area contributed by atoms with E-state index in [2.05, 4.69) is 41.3 Å². The summed E-state index contributed by atoms with van der Waals surface area (Å²) in [6, 6.07) is 10.6. The van der Waals surface area contributed by atoms with Crippen LogP contribution in [0.5, 0.6) is 0 Å². The molecular formula is C22H31NO4. The van der Waals surface area contributed by atoms with Gasteiger partial charge in [0.05, 0.1) is 6.10 Å². The molecule has 5 atom stereocenters. The predicted molar refractivity (Wildman–Crippen MR) is 103 cm³/mol. The van der Waals surface area contributed by atoms with Crippen molar-refractivity contribution in [1.82, 2.24) is 4.90 Å². The zero-order valence-electron chi connectivity index (χ0n) is 16.8. The molecule has 0 N–H and O–H groups in total. The molecule has 0 unspecified atom stereocenters. The molecule has 3 fully saturated rings. The SMILES string of the molecule is CO[C@@]1(C)O[C@@H]2[C@@H](C=C3CC3)CN(Cc3ccccc3)C[C@H]2O[C@]1(C)OC. The number of hydrogen-bond acceptors (Lipinski definition) is 5. The van der Waals surface area contributed by atoms with Gasteiger partial charge in [-0.1, -0.05) is 42.0 Å². The summed E-state index contributed by atoms with van der Waals surface area (Å²) < 4.78 is 24.4. The van der Waals surface area contributed by atoms with Crippen LogP contribution >= 0.6 is 0 Å². The molecule has 5 nitrogen and oxygen atoms in total. The van der Waals surface area contributed by atoms with Crippen molar-refractivity contribution in [2.75, 3.05) is 27.3 Å². The van der Waals surface area contributed by atoms with E-state index in [0.717, 1.165) is 19.6 Å². The number of likely N-dealkylation sites (tertiary alicyclic amines) is 1. The molecular weight excluding hydrogens is 342 g/mol. The van der Waals surface area contributed by atoms with Gasteiger partial charge in [0, 0.05) is 39.8 Å². The Kier molecular flexibility index (Phi) is 5.16. The second kappa shape index (κ2) is 7.30. The fourth-order valence-electron chi connectivity index (χ4n) is 4.27. The first-order chi connectivity index (χ1) is 13.0. The zero-order chi connectivity index (χ0) is 19.1. The molecule has 148 valence electrons. The minimum absolute atomic E-state index is 0.0294. The highest BCUT2D eigenvalue weighted by atomic mass is 16.8. The smallest absolute Gasteiger partial charge is 0.220 e. The Morgan fingerprint density at radius 3 is 2.33 bits per heavy atom. The van der Waals surface area contributed by atoms with Gasteiger partial charge in [-0.2, -0.15) is 0 Å². The van der Waals surface area contributed by atoms with Gasteiger partial charge in [-0.15, -0.1) is 0 Å². The largest absolute Gasteiger partial charge is 0.349 e. The summed E-state index contributed by atoms with van der Waals surface area (Å²) in [5, 5.41) is 0. The molecule has 0 bridgehead atoms. The van der Waals surface area contributed by atoms with Gasteiger partial charge in [-0.05, 0) is 32.3 Å². The first kappa shape index (κ1) is 19.1. The van der Waals surface area contributed by atoms with E-state index >= 15 is 0 Å².